The van der Waals surface area contributed by atoms with Gasteiger partial charge in [0.25, 0.3) is 0 Å². The van der Waals surface area contributed by atoms with Gasteiger partial charge in [0, 0.05) is 11.9 Å². The Balaban J connectivity index is 1.87. The number of carbonyl (C=O) groups is 1. The quantitative estimate of drug-likeness (QED) is 0.859. The molecular weight excluding hydrogens is 290 g/mol. The highest BCUT2D eigenvalue weighted by atomic mass is 16.4. The first kappa shape index (κ1) is 15.7. The van der Waals surface area contributed by atoms with Crippen molar-refractivity contribution in [2.45, 2.75) is 32.1 Å². The van der Waals surface area contributed by atoms with E-state index in [-0.39, 0.29) is 11.3 Å². The van der Waals surface area contributed by atoms with Crippen LogP contribution in [0.3, 0.4) is 0 Å². The summed E-state index contributed by atoms with van der Waals surface area (Å²) in [5.41, 5.74) is 6.52. The lowest BCUT2D eigenvalue weighted by Gasteiger charge is -2.23. The normalized spacial score (nSPS) is 23.7. The molecule has 0 unspecified atom stereocenters. The van der Waals surface area contributed by atoms with Crippen LogP contribution in [0.1, 0.15) is 32.4 Å². The maximum absolute atomic E-state index is 11.9. The maximum atomic E-state index is 11.9. The summed E-state index contributed by atoms with van der Waals surface area (Å²) in [5, 5.41) is 9.80. The van der Waals surface area contributed by atoms with Crippen LogP contribution in [0.25, 0.3) is 5.69 Å². The number of imidazole rings is 1. The molecule has 5 nitrogen and oxygen atoms in total. The minimum absolute atomic E-state index is 0.0517. The molecule has 23 heavy (non-hydrogen) atoms. The van der Waals surface area contributed by atoms with Gasteiger partial charge >= 0.3 is 5.97 Å². The third kappa shape index (κ3) is 2.77. The Hall–Kier alpha value is -2.14. The summed E-state index contributed by atoms with van der Waals surface area (Å²) in [6.07, 6.45) is 4.98. The van der Waals surface area contributed by atoms with E-state index >= 15 is 0 Å². The largest absolute Gasteiger partial charge is 0.481 e. The number of para-hydroxylation sites is 1. The van der Waals surface area contributed by atoms with E-state index in [1.165, 1.54) is 0 Å². The lowest BCUT2D eigenvalue weighted by atomic mass is 9.84. The number of hydrogen-bond acceptors (Lipinski definition) is 3. The topological polar surface area (TPSA) is 81.1 Å². The fraction of sp³-hybridized carbons (Fsp3) is 0.444. The van der Waals surface area contributed by atoms with Gasteiger partial charge in [0.15, 0.2) is 0 Å². The molecule has 1 saturated carbocycles. The molecule has 1 fully saturated rings. The Morgan fingerprint density at radius 2 is 2.13 bits per heavy atom. The zero-order valence-electron chi connectivity index (χ0n) is 13.6. The lowest BCUT2D eigenvalue weighted by molar-refractivity contribution is -0.140. The number of aliphatic carboxylic acids is 1. The van der Waals surface area contributed by atoms with Crippen LogP contribution in [0, 0.1) is 11.3 Å². The van der Waals surface area contributed by atoms with Gasteiger partial charge in [0.1, 0.15) is 5.41 Å². The Kier molecular flexibility index (Phi) is 3.76. The number of hydrogen-bond donors (Lipinski definition) is 2. The summed E-state index contributed by atoms with van der Waals surface area (Å²) in [6.45, 7) is 4.72. The zero-order valence-corrected chi connectivity index (χ0v) is 13.6. The second-order valence-corrected chi connectivity index (χ2v) is 7.25. The molecule has 1 aliphatic carbocycles. The first-order valence-corrected chi connectivity index (χ1v) is 7.92. The van der Waals surface area contributed by atoms with Crippen molar-refractivity contribution in [3.05, 3.63) is 48.5 Å². The van der Waals surface area contributed by atoms with Crippen molar-refractivity contribution in [1.82, 2.24) is 9.55 Å². The van der Waals surface area contributed by atoms with Gasteiger partial charge in [0.2, 0.25) is 0 Å². The molecule has 1 aromatic heterocycles. The van der Waals surface area contributed by atoms with Crippen LogP contribution >= 0.6 is 0 Å². The molecule has 3 rings (SSSR count). The van der Waals surface area contributed by atoms with Crippen LogP contribution < -0.4 is 5.73 Å². The number of nitrogens with two attached hydrogens (primary N) is 1. The van der Waals surface area contributed by atoms with E-state index in [2.05, 4.69) is 18.8 Å². The molecule has 0 spiro atoms. The highest BCUT2D eigenvalue weighted by Gasteiger charge is 2.63. The summed E-state index contributed by atoms with van der Waals surface area (Å²) in [4.78, 5) is 16.3. The highest BCUT2D eigenvalue weighted by molar-refractivity contribution is 5.85. The third-order valence-electron chi connectivity index (χ3n) is 4.93. The molecule has 3 N–H and O–H groups in total. The smallest absolute Gasteiger partial charge is 0.316 e. The Morgan fingerprint density at radius 1 is 1.43 bits per heavy atom. The fourth-order valence-electron chi connectivity index (χ4n) is 3.31. The molecule has 1 aromatic carbocycles. The van der Waals surface area contributed by atoms with Crippen molar-refractivity contribution >= 4 is 5.97 Å². The van der Waals surface area contributed by atoms with Crippen molar-refractivity contribution in [3.8, 4) is 5.69 Å². The van der Waals surface area contributed by atoms with Crippen LogP contribution in [0.5, 0.6) is 0 Å². The van der Waals surface area contributed by atoms with Crippen LogP contribution in [-0.4, -0.2) is 27.2 Å². The van der Waals surface area contributed by atoms with Gasteiger partial charge in [-0.25, -0.2) is 4.98 Å². The molecule has 1 heterocycles. The summed E-state index contributed by atoms with van der Waals surface area (Å²) >= 11 is 0. The van der Waals surface area contributed by atoms with E-state index in [1.807, 2.05) is 41.1 Å². The SMILES string of the molecule is CC(C)(CN)C[C@@H]1C[C@]1(C(=O)O)c1cn(-c2ccccc2)cn1. The number of nitrogens with zero attached hydrogens (tertiary/aromatic N) is 2. The Bertz CT molecular complexity index is 708. The molecule has 0 radical (unpaired) electrons. The van der Waals surface area contributed by atoms with Crippen molar-refractivity contribution < 1.29 is 9.90 Å². The standard InChI is InChI=1S/C18H23N3O2/c1-17(2,11-19)8-13-9-18(13,16(22)23)15-10-21(12-20-15)14-6-4-3-5-7-14/h3-7,10,12-13H,8-9,11,19H2,1-2H3,(H,22,23)/t13-,18-/m1/s1. The molecule has 122 valence electrons. The van der Waals surface area contributed by atoms with Crippen LogP contribution in [0.15, 0.2) is 42.9 Å². The maximum Gasteiger partial charge on any atom is 0.316 e. The van der Waals surface area contributed by atoms with Crippen molar-refractivity contribution in [2.75, 3.05) is 6.54 Å². The van der Waals surface area contributed by atoms with Crippen molar-refractivity contribution in [1.29, 1.82) is 0 Å². The first-order chi connectivity index (χ1) is 10.9. The Labute approximate surface area is 136 Å². The summed E-state index contributed by atoms with van der Waals surface area (Å²) in [5.74, 6) is -0.689. The van der Waals surface area contributed by atoms with Crippen molar-refractivity contribution in [3.63, 3.8) is 0 Å². The van der Waals surface area contributed by atoms with Gasteiger partial charge in [-0.15, -0.1) is 0 Å². The second-order valence-electron chi connectivity index (χ2n) is 7.25. The molecular formula is C18H23N3O2. The number of benzene rings is 1. The molecule has 2 aromatic rings. The fourth-order valence-corrected chi connectivity index (χ4v) is 3.31. The first-order valence-electron chi connectivity index (χ1n) is 7.92. The molecule has 0 bridgehead atoms. The van der Waals surface area contributed by atoms with Crippen molar-refractivity contribution in [2.24, 2.45) is 17.1 Å². The zero-order chi connectivity index (χ0) is 16.7. The average molecular weight is 313 g/mol. The second kappa shape index (κ2) is 5.49. The molecule has 0 aliphatic heterocycles. The highest BCUT2D eigenvalue weighted by Crippen LogP contribution is 2.58. The number of aromatic nitrogens is 2. The summed E-state index contributed by atoms with van der Waals surface area (Å²) in [6, 6.07) is 9.80. The minimum atomic E-state index is -0.855. The predicted molar refractivity (Wildman–Crippen MR) is 88.4 cm³/mol. The van der Waals surface area contributed by atoms with Gasteiger partial charge in [-0.2, -0.15) is 0 Å². The van der Waals surface area contributed by atoms with E-state index in [1.54, 1.807) is 6.33 Å². The molecule has 2 atom stereocenters. The van der Waals surface area contributed by atoms with Gasteiger partial charge < -0.3 is 15.4 Å². The monoisotopic (exact) mass is 313 g/mol. The van der Waals surface area contributed by atoms with Crippen LogP contribution in [0.2, 0.25) is 0 Å². The molecule has 1 aliphatic rings. The van der Waals surface area contributed by atoms with E-state index < -0.39 is 11.4 Å². The van der Waals surface area contributed by atoms with Crippen LogP contribution in [0.4, 0.5) is 0 Å². The molecule has 0 amide bonds. The van der Waals surface area contributed by atoms with E-state index in [4.69, 9.17) is 5.73 Å². The minimum Gasteiger partial charge on any atom is -0.481 e. The van der Waals surface area contributed by atoms with Gasteiger partial charge in [-0.05, 0) is 42.9 Å². The van der Waals surface area contributed by atoms with E-state index in [0.29, 0.717) is 18.7 Å². The molecule has 0 saturated heterocycles. The third-order valence-corrected chi connectivity index (χ3v) is 4.93. The number of carboxylic acids is 1. The Morgan fingerprint density at radius 3 is 2.74 bits per heavy atom. The van der Waals surface area contributed by atoms with Gasteiger partial charge in [-0.1, -0.05) is 32.0 Å². The summed E-state index contributed by atoms with van der Waals surface area (Å²) < 4.78 is 1.88. The number of carboxylic acid groups (broad SMARTS) is 1. The van der Waals surface area contributed by atoms with Gasteiger partial charge in [-0.3, -0.25) is 4.79 Å². The number of rotatable bonds is 6. The van der Waals surface area contributed by atoms with E-state index in [0.717, 1.165) is 12.1 Å². The van der Waals surface area contributed by atoms with Crippen LogP contribution in [-0.2, 0) is 10.2 Å². The lowest BCUT2D eigenvalue weighted by Crippen LogP contribution is -2.28. The summed E-state index contributed by atoms with van der Waals surface area (Å²) in [7, 11) is 0. The average Bonchev–Trinajstić information content (AvgIpc) is 3.03. The van der Waals surface area contributed by atoms with Gasteiger partial charge in [0.05, 0.1) is 12.0 Å². The molecule has 5 heteroatoms. The van der Waals surface area contributed by atoms with E-state index in [9.17, 15) is 9.90 Å². The predicted octanol–water partition coefficient (Wildman–Crippen LogP) is 2.59.